The van der Waals surface area contributed by atoms with Gasteiger partial charge in [0.25, 0.3) is 0 Å². The third-order valence-corrected chi connectivity index (χ3v) is 3.13. The van der Waals surface area contributed by atoms with E-state index in [1.54, 1.807) is 0 Å². The van der Waals surface area contributed by atoms with Crippen molar-refractivity contribution >= 4 is 28.9 Å². The molecule has 0 spiro atoms. The second-order valence-corrected chi connectivity index (χ2v) is 4.48. The van der Waals surface area contributed by atoms with E-state index in [4.69, 9.17) is 23.1 Å². The van der Waals surface area contributed by atoms with Crippen LogP contribution in [0.1, 0.15) is 10.5 Å². The normalized spacial score (nSPS) is 10.5. The Kier molecular flexibility index (Phi) is 3.95. The molecule has 21 heavy (non-hydrogen) atoms. The number of nitrogens with zero attached hydrogens (tertiary/aromatic N) is 1. The van der Waals surface area contributed by atoms with Crippen molar-refractivity contribution in [1.29, 1.82) is 0 Å². The van der Waals surface area contributed by atoms with Gasteiger partial charge in [0.2, 0.25) is 0 Å². The Hall–Kier alpha value is -2.41. The first-order chi connectivity index (χ1) is 9.85. The van der Waals surface area contributed by atoms with Crippen LogP contribution in [0, 0.1) is 11.6 Å². The van der Waals surface area contributed by atoms with E-state index in [-0.39, 0.29) is 33.3 Å². The summed E-state index contributed by atoms with van der Waals surface area (Å²) in [6, 6.07) is 2.98. The van der Waals surface area contributed by atoms with Crippen LogP contribution in [0.2, 0.25) is 5.02 Å². The topological polar surface area (TPSA) is 91.2 Å². The molecular weight excluding hydrogens is 304 g/mol. The van der Waals surface area contributed by atoms with Crippen molar-refractivity contribution in [3.8, 4) is 11.3 Å². The monoisotopic (exact) mass is 313 g/mol. The summed E-state index contributed by atoms with van der Waals surface area (Å²) in [6.45, 7) is 0. The molecular formula is C13H10ClF2N3O2. The van der Waals surface area contributed by atoms with Crippen LogP contribution in [-0.4, -0.2) is 18.1 Å². The Morgan fingerprint density at radius 2 is 1.81 bits per heavy atom. The average molecular weight is 314 g/mol. The van der Waals surface area contributed by atoms with Crippen molar-refractivity contribution < 1.29 is 18.3 Å². The van der Waals surface area contributed by atoms with Crippen LogP contribution in [-0.2, 0) is 4.74 Å². The zero-order valence-electron chi connectivity index (χ0n) is 10.8. The molecule has 1 aromatic heterocycles. The van der Waals surface area contributed by atoms with E-state index in [0.29, 0.717) is 0 Å². The molecule has 0 aliphatic carbocycles. The Labute approximate surface area is 123 Å². The highest BCUT2D eigenvalue weighted by atomic mass is 35.5. The summed E-state index contributed by atoms with van der Waals surface area (Å²) in [6.07, 6.45) is 0. The predicted molar refractivity (Wildman–Crippen MR) is 74.8 cm³/mol. The molecule has 0 atom stereocenters. The number of nitrogen functional groups attached to an aromatic ring is 2. The van der Waals surface area contributed by atoms with Gasteiger partial charge >= 0.3 is 5.97 Å². The lowest BCUT2D eigenvalue weighted by atomic mass is 10.1. The first-order valence-electron chi connectivity index (χ1n) is 5.64. The number of halogens is 3. The van der Waals surface area contributed by atoms with Gasteiger partial charge in [0.15, 0.2) is 17.3 Å². The molecule has 0 radical (unpaired) electrons. The number of anilines is 2. The van der Waals surface area contributed by atoms with Gasteiger partial charge in [-0.2, -0.15) is 0 Å². The summed E-state index contributed by atoms with van der Waals surface area (Å²) in [5, 5.41) is -0.0910. The Balaban J connectivity index is 2.68. The van der Waals surface area contributed by atoms with Gasteiger partial charge in [-0.1, -0.05) is 11.6 Å². The van der Waals surface area contributed by atoms with Crippen molar-refractivity contribution in [2.24, 2.45) is 0 Å². The van der Waals surface area contributed by atoms with Crippen LogP contribution in [0.5, 0.6) is 0 Å². The van der Waals surface area contributed by atoms with Gasteiger partial charge in [0.1, 0.15) is 0 Å². The molecule has 0 saturated carbocycles. The Bertz CT molecular complexity index is 738. The summed E-state index contributed by atoms with van der Waals surface area (Å²) in [5.74, 6) is -3.00. The number of carbonyl (C=O) groups excluding carboxylic acids is 1. The van der Waals surface area contributed by atoms with Crippen molar-refractivity contribution in [3.05, 3.63) is 40.6 Å². The number of pyridine rings is 1. The predicted octanol–water partition coefficient (Wildman–Crippen LogP) is 2.63. The van der Waals surface area contributed by atoms with Crippen LogP contribution in [0.4, 0.5) is 20.2 Å². The zero-order chi connectivity index (χ0) is 15.7. The second-order valence-electron chi connectivity index (χ2n) is 4.10. The third-order valence-electron chi connectivity index (χ3n) is 2.73. The van der Waals surface area contributed by atoms with E-state index in [1.807, 2.05) is 0 Å². The standard InChI is InChI=1S/C13H10ClF2N3O2/c1-21-13(20)12-11(14)9(18)4-10(19-12)5-2-6(15)7(16)3-8(5)17/h2-4H,17H2,1H3,(H2,18,19). The highest BCUT2D eigenvalue weighted by Gasteiger charge is 2.19. The molecule has 0 aliphatic rings. The van der Waals surface area contributed by atoms with E-state index in [9.17, 15) is 13.6 Å². The molecule has 0 fully saturated rings. The third kappa shape index (κ3) is 2.73. The van der Waals surface area contributed by atoms with E-state index >= 15 is 0 Å². The molecule has 4 N–H and O–H groups in total. The molecule has 1 heterocycles. The Morgan fingerprint density at radius 1 is 1.19 bits per heavy atom. The molecule has 2 aromatic rings. The van der Waals surface area contributed by atoms with Crippen LogP contribution in [0.25, 0.3) is 11.3 Å². The van der Waals surface area contributed by atoms with Crippen LogP contribution < -0.4 is 11.5 Å². The van der Waals surface area contributed by atoms with Crippen molar-refractivity contribution in [1.82, 2.24) is 4.98 Å². The van der Waals surface area contributed by atoms with Crippen molar-refractivity contribution in [2.75, 3.05) is 18.6 Å². The van der Waals surface area contributed by atoms with E-state index in [1.165, 1.54) is 6.07 Å². The number of hydrogen-bond acceptors (Lipinski definition) is 5. The molecule has 5 nitrogen and oxygen atoms in total. The minimum Gasteiger partial charge on any atom is -0.464 e. The quantitative estimate of drug-likeness (QED) is 0.657. The number of carbonyl (C=O) groups is 1. The average Bonchev–Trinajstić information content (AvgIpc) is 2.45. The van der Waals surface area contributed by atoms with Gasteiger partial charge in [-0.05, 0) is 12.1 Å². The van der Waals surface area contributed by atoms with Gasteiger partial charge in [-0.25, -0.2) is 18.6 Å². The fourth-order valence-corrected chi connectivity index (χ4v) is 1.88. The molecule has 2 rings (SSSR count). The summed E-state index contributed by atoms with van der Waals surface area (Å²) in [7, 11) is 1.15. The first kappa shape index (κ1) is 15.0. The molecule has 0 saturated heterocycles. The second kappa shape index (κ2) is 5.53. The maximum Gasteiger partial charge on any atom is 0.358 e. The largest absolute Gasteiger partial charge is 0.464 e. The van der Waals surface area contributed by atoms with E-state index in [0.717, 1.165) is 19.2 Å². The number of hydrogen-bond donors (Lipinski definition) is 2. The van der Waals surface area contributed by atoms with Crippen molar-refractivity contribution in [3.63, 3.8) is 0 Å². The molecule has 1 aromatic carbocycles. The molecule has 0 aliphatic heterocycles. The smallest absolute Gasteiger partial charge is 0.358 e. The van der Waals surface area contributed by atoms with Crippen LogP contribution in [0.3, 0.4) is 0 Å². The maximum atomic E-state index is 13.3. The number of benzene rings is 1. The fraction of sp³-hybridized carbons (Fsp3) is 0.0769. The minimum absolute atomic E-state index is 0.0335. The van der Waals surface area contributed by atoms with Gasteiger partial charge in [0.05, 0.1) is 23.5 Å². The minimum atomic E-state index is -1.10. The summed E-state index contributed by atoms with van der Waals surface area (Å²) in [4.78, 5) is 15.5. The van der Waals surface area contributed by atoms with Gasteiger partial charge in [-0.3, -0.25) is 0 Å². The number of methoxy groups -OCH3 is 1. The van der Waals surface area contributed by atoms with Gasteiger partial charge in [0, 0.05) is 17.3 Å². The first-order valence-corrected chi connectivity index (χ1v) is 6.02. The van der Waals surface area contributed by atoms with Gasteiger partial charge in [-0.15, -0.1) is 0 Å². The fourth-order valence-electron chi connectivity index (χ4n) is 1.70. The SMILES string of the molecule is COC(=O)c1nc(-c2cc(F)c(F)cc2N)cc(N)c1Cl. The highest BCUT2D eigenvalue weighted by Crippen LogP contribution is 2.32. The van der Waals surface area contributed by atoms with E-state index < -0.39 is 17.6 Å². The molecule has 110 valence electrons. The van der Waals surface area contributed by atoms with Crippen molar-refractivity contribution in [2.45, 2.75) is 0 Å². The van der Waals surface area contributed by atoms with Crippen LogP contribution in [0.15, 0.2) is 18.2 Å². The van der Waals surface area contributed by atoms with Gasteiger partial charge < -0.3 is 16.2 Å². The lowest BCUT2D eigenvalue weighted by Gasteiger charge is -2.10. The molecule has 0 amide bonds. The summed E-state index contributed by atoms with van der Waals surface area (Å²) >= 11 is 5.87. The lowest BCUT2D eigenvalue weighted by Crippen LogP contribution is -2.08. The lowest BCUT2D eigenvalue weighted by molar-refractivity contribution is 0.0594. The number of nitrogens with two attached hydrogens (primary N) is 2. The molecule has 0 unspecified atom stereocenters. The maximum absolute atomic E-state index is 13.3. The van der Waals surface area contributed by atoms with Crippen LogP contribution >= 0.6 is 11.6 Å². The highest BCUT2D eigenvalue weighted by molar-refractivity contribution is 6.35. The number of ether oxygens (including phenoxy) is 1. The molecule has 8 heteroatoms. The zero-order valence-corrected chi connectivity index (χ0v) is 11.5. The summed E-state index contributed by atoms with van der Waals surface area (Å²) < 4.78 is 31.0. The summed E-state index contributed by atoms with van der Waals surface area (Å²) in [5.41, 5.74) is 11.2. The number of aromatic nitrogens is 1. The number of rotatable bonds is 2. The molecule has 0 bridgehead atoms. The number of esters is 1. The Morgan fingerprint density at radius 3 is 2.43 bits per heavy atom. The van der Waals surface area contributed by atoms with E-state index in [2.05, 4.69) is 9.72 Å².